The van der Waals surface area contributed by atoms with Crippen molar-refractivity contribution in [1.29, 1.82) is 0 Å². The zero-order valence-electron chi connectivity index (χ0n) is 29.1. The Labute approximate surface area is 308 Å². The Morgan fingerprint density at radius 3 is 2.31 bits per heavy atom. The number of para-hydroxylation sites is 3. The quantitative estimate of drug-likeness (QED) is 0.167. The highest BCUT2D eigenvalue weighted by Gasteiger charge is 2.57. The monoisotopic (exact) mass is 696 g/mol. The van der Waals surface area contributed by atoms with Gasteiger partial charge in [0.25, 0.3) is 6.71 Å². The number of fused-ring (bicyclic) bond motifs is 9. The van der Waals surface area contributed by atoms with E-state index in [2.05, 4.69) is 163 Å². The molecule has 0 spiro atoms. The Morgan fingerprint density at radius 1 is 0.692 bits per heavy atom. The largest absolute Gasteiger partial charge is 0.311 e. The zero-order chi connectivity index (χ0) is 34.1. The third-order valence-corrected chi connectivity index (χ3v) is 19.5. The summed E-state index contributed by atoms with van der Waals surface area (Å²) in [6, 6.07) is 47.3. The summed E-state index contributed by atoms with van der Waals surface area (Å²) in [7, 11) is -2.70. The van der Waals surface area contributed by atoms with Crippen LogP contribution in [0.2, 0.25) is 0 Å². The molecule has 244 valence electrons. The van der Waals surface area contributed by atoms with Crippen molar-refractivity contribution in [3.05, 3.63) is 156 Å². The molecule has 1 unspecified atom stereocenters. The fourth-order valence-electron chi connectivity index (χ4n) is 11.3. The number of rotatable bonds is 2. The van der Waals surface area contributed by atoms with Crippen LogP contribution in [0.3, 0.4) is 0 Å². The highest BCUT2D eigenvalue weighted by Crippen LogP contribution is 2.56. The summed E-state index contributed by atoms with van der Waals surface area (Å²) in [6.45, 7) is 5.14. The SMILES string of the molecule is CC1(C)c2cccc3c2N2c4c(cccc4[Si]3(C3=CC=CCC3)c3ccccc3)B3c4sc5ccccc5c4-n4c5ccccc5c5cc1c2c3c54. The van der Waals surface area contributed by atoms with E-state index >= 15 is 0 Å². The molecule has 2 aromatic heterocycles. The van der Waals surface area contributed by atoms with Gasteiger partial charge in [-0.3, -0.25) is 0 Å². The van der Waals surface area contributed by atoms with E-state index in [-0.39, 0.29) is 12.1 Å². The maximum atomic E-state index is 2.79. The van der Waals surface area contributed by atoms with Gasteiger partial charge in [0.05, 0.1) is 22.4 Å². The normalized spacial score (nSPS) is 19.4. The maximum absolute atomic E-state index is 2.79. The molecule has 0 bridgehead atoms. The van der Waals surface area contributed by atoms with Crippen molar-refractivity contribution < 1.29 is 0 Å². The van der Waals surface area contributed by atoms with Crippen molar-refractivity contribution in [1.82, 2.24) is 4.57 Å². The molecule has 0 saturated heterocycles. The highest BCUT2D eigenvalue weighted by molar-refractivity contribution is 7.33. The Morgan fingerprint density at radius 2 is 1.46 bits per heavy atom. The van der Waals surface area contributed by atoms with Crippen LogP contribution in [0, 0.1) is 0 Å². The van der Waals surface area contributed by atoms with Crippen LogP contribution in [0.1, 0.15) is 37.8 Å². The van der Waals surface area contributed by atoms with Gasteiger partial charge in [0.1, 0.15) is 0 Å². The molecular weight excluding hydrogens is 663 g/mol. The zero-order valence-corrected chi connectivity index (χ0v) is 30.9. The molecule has 52 heavy (non-hydrogen) atoms. The summed E-state index contributed by atoms with van der Waals surface area (Å²) < 4.78 is 5.50. The Bertz CT molecular complexity index is 3020. The number of aromatic nitrogens is 1. The maximum Gasteiger partial charge on any atom is 0.264 e. The van der Waals surface area contributed by atoms with Crippen LogP contribution in [0.4, 0.5) is 17.1 Å². The number of nitrogens with zero attached hydrogens (tertiary/aromatic N) is 2. The second-order valence-corrected chi connectivity index (χ2v) is 20.7. The minimum absolute atomic E-state index is 0.151. The first-order chi connectivity index (χ1) is 25.6. The van der Waals surface area contributed by atoms with Gasteiger partial charge in [0.15, 0.2) is 8.07 Å². The Balaban J connectivity index is 1.29. The first-order valence-electron chi connectivity index (χ1n) is 18.7. The molecule has 1 aliphatic carbocycles. The van der Waals surface area contributed by atoms with E-state index < -0.39 is 8.07 Å². The molecule has 5 heteroatoms. The summed E-state index contributed by atoms with van der Waals surface area (Å²) in [4.78, 5) is 2.79. The van der Waals surface area contributed by atoms with Gasteiger partial charge in [-0.2, -0.15) is 0 Å². The Kier molecular flexibility index (Phi) is 5.08. The van der Waals surface area contributed by atoms with E-state index in [0.717, 1.165) is 12.8 Å². The molecule has 1 atom stereocenters. The molecule has 0 N–H and O–H groups in total. The average molecular weight is 697 g/mol. The predicted molar refractivity (Wildman–Crippen MR) is 225 cm³/mol. The molecule has 0 fully saturated rings. The van der Waals surface area contributed by atoms with E-state index in [4.69, 9.17) is 0 Å². The first kappa shape index (κ1) is 28.3. The minimum atomic E-state index is -2.70. The lowest BCUT2D eigenvalue weighted by Gasteiger charge is -2.55. The van der Waals surface area contributed by atoms with Gasteiger partial charge in [-0.15, -0.1) is 11.3 Å². The van der Waals surface area contributed by atoms with Gasteiger partial charge in [0.2, 0.25) is 0 Å². The third kappa shape index (κ3) is 2.99. The van der Waals surface area contributed by atoms with Crippen LogP contribution in [-0.4, -0.2) is 19.4 Å². The number of anilines is 3. The fourth-order valence-corrected chi connectivity index (χ4v) is 18.0. The first-order valence-corrected chi connectivity index (χ1v) is 21.5. The van der Waals surface area contributed by atoms with E-state index in [0.29, 0.717) is 0 Å². The molecular formula is C47H33BN2SSi. The van der Waals surface area contributed by atoms with Crippen molar-refractivity contribution in [3.8, 4) is 5.69 Å². The second-order valence-electron chi connectivity index (χ2n) is 15.9. The standard InChI is InChI=1S/C47H33BN2SSi/c1-47(2)33-21-13-25-38-43(33)50-44-34(47)27-32-30-19-9-11-23-36(30)49-41(32)40(44)48(46-42(49)31-20-10-12-24-37(31)51-46)35-22-14-26-39(45(35)50)52(38,28-15-5-3-6-16-28)29-17-7-4-8-18-29/h3-7,9-17,19-27H,8,18H2,1-2H3. The van der Waals surface area contributed by atoms with E-state index in [1.54, 1.807) is 15.6 Å². The number of hydrogen-bond acceptors (Lipinski definition) is 2. The van der Waals surface area contributed by atoms with Crippen LogP contribution in [0.25, 0.3) is 37.6 Å². The molecule has 13 rings (SSSR count). The van der Waals surface area contributed by atoms with Crippen molar-refractivity contribution in [2.75, 3.05) is 4.90 Å². The predicted octanol–water partition coefficient (Wildman–Crippen LogP) is 7.85. The van der Waals surface area contributed by atoms with Crippen molar-refractivity contribution >= 4 is 106 Å². The summed E-state index contributed by atoms with van der Waals surface area (Å²) in [6.07, 6.45) is 9.38. The number of hydrogen-bond donors (Lipinski definition) is 0. The number of benzene rings is 6. The molecule has 0 radical (unpaired) electrons. The molecule has 8 aromatic rings. The van der Waals surface area contributed by atoms with Crippen LogP contribution in [0.5, 0.6) is 0 Å². The second kappa shape index (κ2) is 9.35. The van der Waals surface area contributed by atoms with Gasteiger partial charge in [-0.05, 0) is 68.7 Å². The van der Waals surface area contributed by atoms with E-state index in [1.165, 1.54) is 86.7 Å². The molecule has 0 amide bonds. The summed E-state index contributed by atoms with van der Waals surface area (Å²) in [5.74, 6) is 0. The van der Waals surface area contributed by atoms with Gasteiger partial charge in [-0.1, -0.05) is 140 Å². The van der Waals surface area contributed by atoms with Crippen LogP contribution in [-0.2, 0) is 5.41 Å². The summed E-state index contributed by atoms with van der Waals surface area (Å²) in [5, 5.41) is 10.3. The lowest BCUT2D eigenvalue weighted by Crippen LogP contribution is -2.75. The molecule has 5 aliphatic rings. The Hall–Kier alpha value is -5.36. The van der Waals surface area contributed by atoms with Gasteiger partial charge >= 0.3 is 0 Å². The van der Waals surface area contributed by atoms with Crippen LogP contribution < -0.4 is 36.2 Å². The summed E-state index contributed by atoms with van der Waals surface area (Å²) >= 11 is 2.01. The molecule has 2 nitrogen and oxygen atoms in total. The van der Waals surface area contributed by atoms with Gasteiger partial charge in [-0.25, -0.2) is 0 Å². The van der Waals surface area contributed by atoms with E-state index in [1.807, 2.05) is 11.3 Å². The number of thiophene rings is 1. The van der Waals surface area contributed by atoms with Crippen LogP contribution >= 0.6 is 11.3 Å². The smallest absolute Gasteiger partial charge is 0.264 e. The number of allylic oxidation sites excluding steroid dienone is 4. The van der Waals surface area contributed by atoms with Crippen LogP contribution in [0.15, 0.2) is 145 Å². The lowest BCUT2D eigenvalue weighted by molar-refractivity contribution is 0.634. The van der Waals surface area contributed by atoms with E-state index in [9.17, 15) is 0 Å². The lowest BCUT2D eigenvalue weighted by atomic mass is 9.36. The topological polar surface area (TPSA) is 8.17 Å². The third-order valence-electron chi connectivity index (χ3n) is 13.3. The highest BCUT2D eigenvalue weighted by atomic mass is 32.1. The molecule has 0 saturated carbocycles. The summed E-state index contributed by atoms with van der Waals surface area (Å²) in [5.41, 5.74) is 14.1. The molecule has 6 aromatic carbocycles. The minimum Gasteiger partial charge on any atom is -0.311 e. The van der Waals surface area contributed by atoms with Crippen molar-refractivity contribution in [2.45, 2.75) is 32.1 Å². The van der Waals surface area contributed by atoms with Crippen molar-refractivity contribution in [2.24, 2.45) is 0 Å². The van der Waals surface area contributed by atoms with Crippen molar-refractivity contribution in [3.63, 3.8) is 0 Å². The van der Waals surface area contributed by atoms with Gasteiger partial charge < -0.3 is 9.47 Å². The average Bonchev–Trinajstić information content (AvgIpc) is 3.74. The van der Waals surface area contributed by atoms with Gasteiger partial charge in [0, 0.05) is 42.4 Å². The molecule has 6 heterocycles. The molecule has 4 aliphatic heterocycles. The fraction of sp³-hybridized carbons (Fsp3) is 0.106.